The van der Waals surface area contributed by atoms with Crippen molar-refractivity contribution in [2.75, 3.05) is 4.90 Å². The lowest BCUT2D eigenvalue weighted by Crippen LogP contribution is -2.35. The fourth-order valence-corrected chi connectivity index (χ4v) is 5.29. The van der Waals surface area contributed by atoms with Crippen molar-refractivity contribution in [3.05, 3.63) is 77.9 Å². The summed E-state index contributed by atoms with van der Waals surface area (Å²) in [5.74, 6) is 0.0393. The number of hydrogen-bond acceptors (Lipinski definition) is 4. The molecule has 0 unspecified atom stereocenters. The second-order valence-corrected chi connectivity index (χ2v) is 8.57. The number of anilines is 1. The second-order valence-electron chi connectivity index (χ2n) is 7.54. The lowest BCUT2D eigenvalue weighted by Gasteiger charge is -2.22. The zero-order valence-corrected chi connectivity index (χ0v) is 16.6. The van der Waals surface area contributed by atoms with Crippen LogP contribution in [-0.4, -0.2) is 21.9 Å². The van der Waals surface area contributed by atoms with Gasteiger partial charge in [-0.15, -0.1) is 11.3 Å². The molecule has 0 aliphatic carbocycles. The van der Waals surface area contributed by atoms with Gasteiger partial charge in [-0.05, 0) is 55.3 Å². The summed E-state index contributed by atoms with van der Waals surface area (Å²) in [6, 6.07) is 22.1. The van der Waals surface area contributed by atoms with E-state index in [9.17, 15) is 4.79 Å². The Bertz CT molecular complexity index is 1440. The van der Waals surface area contributed by atoms with Gasteiger partial charge in [0.15, 0.2) is 0 Å². The highest BCUT2D eigenvalue weighted by molar-refractivity contribution is 7.25. The average Bonchev–Trinajstić information content (AvgIpc) is 3.27. The zero-order chi connectivity index (χ0) is 19.5. The molecule has 3 heterocycles. The minimum Gasteiger partial charge on any atom is -0.305 e. The van der Waals surface area contributed by atoms with Gasteiger partial charge >= 0.3 is 0 Å². The van der Waals surface area contributed by atoms with Gasteiger partial charge in [0, 0.05) is 27.4 Å². The molecule has 3 aromatic carbocycles. The molecular weight excluding hydrogens is 378 g/mol. The Balaban J connectivity index is 1.51. The molecule has 1 aliphatic heterocycles. The third kappa shape index (κ3) is 2.47. The van der Waals surface area contributed by atoms with Crippen LogP contribution in [0.1, 0.15) is 22.8 Å². The fraction of sp³-hybridized carbons (Fsp3) is 0.125. The molecule has 5 aromatic rings. The molecule has 1 atom stereocenters. The molecule has 0 saturated heterocycles. The van der Waals surface area contributed by atoms with Gasteiger partial charge in [-0.25, -0.2) is 9.97 Å². The maximum atomic E-state index is 13.4. The molecule has 29 heavy (non-hydrogen) atoms. The Morgan fingerprint density at radius 1 is 1.00 bits per heavy atom. The number of aromatic nitrogens is 2. The number of hydrogen-bond donors (Lipinski definition) is 0. The van der Waals surface area contributed by atoms with Crippen LogP contribution in [0.3, 0.4) is 0 Å². The molecule has 5 heteroatoms. The second kappa shape index (κ2) is 6.09. The predicted octanol–water partition coefficient (Wildman–Crippen LogP) is 5.59. The van der Waals surface area contributed by atoms with Gasteiger partial charge in [0.2, 0.25) is 0 Å². The minimum absolute atomic E-state index is 0.0393. The monoisotopic (exact) mass is 395 g/mol. The van der Waals surface area contributed by atoms with Crippen molar-refractivity contribution >= 4 is 54.4 Å². The standard InChI is InChI=1S/C24H17N3OS/c1-14-12-15-6-2-5-9-20(15)27(14)24(28)16-10-11-21-17(13-16)22-23(29-21)26-19-8-4-3-7-18(19)25-22/h2-11,13-14H,12H2,1H3/t14-/m0/s1. The highest BCUT2D eigenvalue weighted by Gasteiger charge is 2.31. The highest BCUT2D eigenvalue weighted by Crippen LogP contribution is 2.36. The number of benzene rings is 3. The minimum atomic E-state index is 0.0393. The maximum Gasteiger partial charge on any atom is 0.258 e. The van der Waals surface area contributed by atoms with Crippen LogP contribution in [0.2, 0.25) is 0 Å². The van der Waals surface area contributed by atoms with Gasteiger partial charge in [-0.1, -0.05) is 30.3 Å². The van der Waals surface area contributed by atoms with E-state index in [0.29, 0.717) is 5.56 Å². The number of nitrogens with zero attached hydrogens (tertiary/aromatic N) is 3. The summed E-state index contributed by atoms with van der Waals surface area (Å²) in [5, 5.41) is 0.995. The number of thiophene rings is 1. The smallest absolute Gasteiger partial charge is 0.258 e. The molecule has 0 N–H and O–H groups in total. The van der Waals surface area contributed by atoms with Crippen molar-refractivity contribution in [3.63, 3.8) is 0 Å². The summed E-state index contributed by atoms with van der Waals surface area (Å²) in [7, 11) is 0. The summed E-state index contributed by atoms with van der Waals surface area (Å²) >= 11 is 1.62. The Morgan fingerprint density at radius 2 is 1.76 bits per heavy atom. The molecular formula is C24H17N3OS. The largest absolute Gasteiger partial charge is 0.305 e. The van der Waals surface area contributed by atoms with E-state index >= 15 is 0 Å². The summed E-state index contributed by atoms with van der Waals surface area (Å²) in [6.07, 6.45) is 0.892. The van der Waals surface area contributed by atoms with Gasteiger partial charge < -0.3 is 4.90 Å². The van der Waals surface area contributed by atoms with E-state index < -0.39 is 0 Å². The summed E-state index contributed by atoms with van der Waals surface area (Å²) in [4.78, 5) is 25.9. The predicted molar refractivity (Wildman–Crippen MR) is 119 cm³/mol. The van der Waals surface area contributed by atoms with Gasteiger partial charge in [0.25, 0.3) is 5.91 Å². The van der Waals surface area contributed by atoms with Crippen LogP contribution in [0.25, 0.3) is 31.5 Å². The van der Waals surface area contributed by atoms with Crippen molar-refractivity contribution in [1.82, 2.24) is 9.97 Å². The Labute approximate surface area is 171 Å². The number of carbonyl (C=O) groups is 1. The van der Waals surface area contributed by atoms with Crippen LogP contribution in [-0.2, 0) is 6.42 Å². The SMILES string of the molecule is C[C@H]1Cc2ccccc2N1C(=O)c1ccc2sc3nc4ccccc4nc3c2c1. The highest BCUT2D eigenvalue weighted by atomic mass is 32.1. The molecule has 0 bridgehead atoms. The van der Waals surface area contributed by atoms with Crippen molar-refractivity contribution in [2.45, 2.75) is 19.4 Å². The Kier molecular flexibility index (Phi) is 3.49. The topological polar surface area (TPSA) is 46.1 Å². The maximum absolute atomic E-state index is 13.4. The summed E-state index contributed by atoms with van der Waals surface area (Å²) < 4.78 is 1.10. The van der Waals surface area contributed by atoms with Crippen LogP contribution >= 0.6 is 11.3 Å². The first-order valence-corrected chi connectivity index (χ1v) is 10.5. The van der Waals surface area contributed by atoms with E-state index in [2.05, 4.69) is 13.0 Å². The first-order valence-electron chi connectivity index (χ1n) is 9.69. The van der Waals surface area contributed by atoms with E-state index in [-0.39, 0.29) is 11.9 Å². The first-order chi connectivity index (χ1) is 14.2. The van der Waals surface area contributed by atoms with Crippen molar-refractivity contribution in [2.24, 2.45) is 0 Å². The number of amides is 1. The van der Waals surface area contributed by atoms with Gasteiger partial charge in [0.05, 0.1) is 11.0 Å². The third-order valence-electron chi connectivity index (χ3n) is 5.65. The summed E-state index contributed by atoms with van der Waals surface area (Å²) in [6.45, 7) is 2.11. The molecule has 6 rings (SSSR count). The van der Waals surface area contributed by atoms with Crippen LogP contribution in [0.15, 0.2) is 66.7 Å². The Hall–Kier alpha value is -3.31. The quantitative estimate of drug-likeness (QED) is 0.372. The first kappa shape index (κ1) is 16.6. The molecule has 0 saturated carbocycles. The number of carbonyl (C=O) groups excluding carboxylic acids is 1. The van der Waals surface area contributed by atoms with Crippen LogP contribution in [0.4, 0.5) is 5.69 Å². The molecule has 140 valence electrons. The number of para-hydroxylation sites is 3. The van der Waals surface area contributed by atoms with Crippen molar-refractivity contribution in [1.29, 1.82) is 0 Å². The van der Waals surface area contributed by atoms with Crippen LogP contribution in [0.5, 0.6) is 0 Å². The molecule has 2 aromatic heterocycles. The Morgan fingerprint density at radius 3 is 2.62 bits per heavy atom. The fourth-order valence-electron chi connectivity index (χ4n) is 4.29. The molecule has 4 nitrogen and oxygen atoms in total. The lowest BCUT2D eigenvalue weighted by molar-refractivity contribution is 0.0981. The van der Waals surface area contributed by atoms with Crippen molar-refractivity contribution < 1.29 is 4.79 Å². The van der Waals surface area contributed by atoms with E-state index in [1.54, 1.807) is 11.3 Å². The van der Waals surface area contributed by atoms with E-state index in [1.165, 1.54) is 5.56 Å². The molecule has 1 amide bonds. The molecule has 0 radical (unpaired) electrons. The van der Waals surface area contributed by atoms with E-state index in [4.69, 9.17) is 9.97 Å². The van der Waals surface area contributed by atoms with Crippen LogP contribution in [0, 0.1) is 0 Å². The van der Waals surface area contributed by atoms with Gasteiger partial charge in [-0.3, -0.25) is 4.79 Å². The molecule has 0 spiro atoms. The van der Waals surface area contributed by atoms with Gasteiger partial charge in [0.1, 0.15) is 10.3 Å². The van der Waals surface area contributed by atoms with E-state index in [0.717, 1.165) is 43.6 Å². The lowest BCUT2D eigenvalue weighted by atomic mass is 10.1. The van der Waals surface area contributed by atoms with Crippen LogP contribution < -0.4 is 4.90 Å². The normalized spacial score (nSPS) is 16.0. The van der Waals surface area contributed by atoms with Gasteiger partial charge in [-0.2, -0.15) is 0 Å². The third-order valence-corrected chi connectivity index (χ3v) is 6.71. The number of rotatable bonds is 1. The number of fused-ring (bicyclic) bond motifs is 5. The zero-order valence-electron chi connectivity index (χ0n) is 15.8. The van der Waals surface area contributed by atoms with Crippen molar-refractivity contribution in [3.8, 4) is 0 Å². The summed E-state index contributed by atoms with van der Waals surface area (Å²) in [5.41, 5.74) is 5.58. The molecule has 1 aliphatic rings. The molecule has 0 fully saturated rings. The average molecular weight is 395 g/mol. The van der Waals surface area contributed by atoms with E-state index in [1.807, 2.05) is 65.6 Å².